The van der Waals surface area contributed by atoms with Crippen molar-refractivity contribution >= 4 is 47.5 Å². The lowest BCUT2D eigenvalue weighted by Crippen LogP contribution is -2.54. The van der Waals surface area contributed by atoms with E-state index in [1.807, 2.05) is 66.5 Å². The Balaban J connectivity index is 0.634. The number of nitrogens with one attached hydrogen (secondary N) is 2. The Kier molecular flexibility index (Phi) is 16.8. The molecule has 0 saturated carbocycles. The van der Waals surface area contributed by atoms with E-state index in [1.165, 1.54) is 6.42 Å². The third-order valence-electron chi connectivity index (χ3n) is 14.2. The van der Waals surface area contributed by atoms with Crippen molar-refractivity contribution in [3.63, 3.8) is 0 Å². The molecule has 0 radical (unpaired) electrons. The number of amides is 5. The van der Waals surface area contributed by atoms with Crippen molar-refractivity contribution in [2.75, 3.05) is 64.8 Å². The highest BCUT2D eigenvalue weighted by atomic mass is 16.5. The van der Waals surface area contributed by atoms with Gasteiger partial charge in [-0.15, -0.1) is 0 Å². The maximum absolute atomic E-state index is 13.7. The van der Waals surface area contributed by atoms with E-state index in [0.29, 0.717) is 49.9 Å². The minimum atomic E-state index is -1.00. The molecule has 4 aliphatic heterocycles. The molecule has 2 N–H and O–H groups in total. The van der Waals surface area contributed by atoms with Crippen LogP contribution in [0.5, 0.6) is 11.5 Å². The predicted octanol–water partition coefficient (Wildman–Crippen LogP) is 7.43. The van der Waals surface area contributed by atoms with E-state index in [0.717, 1.165) is 127 Å². The van der Waals surface area contributed by atoms with Gasteiger partial charge in [-0.05, 0) is 98.5 Å². The van der Waals surface area contributed by atoms with E-state index in [2.05, 4.69) is 50.4 Å². The molecule has 386 valence electrons. The molecule has 5 aromatic rings. The van der Waals surface area contributed by atoms with Gasteiger partial charge in [0.25, 0.3) is 17.7 Å². The number of rotatable bonds is 20. The highest BCUT2D eigenvalue weighted by Crippen LogP contribution is 2.34. The number of piperidine rings is 1. The molecule has 2 aromatic heterocycles. The molecule has 9 rings (SSSR count). The van der Waals surface area contributed by atoms with Crippen molar-refractivity contribution in [2.45, 2.75) is 77.0 Å². The zero-order chi connectivity index (χ0) is 52.3. The van der Waals surface area contributed by atoms with Crippen molar-refractivity contribution in [2.24, 2.45) is 0 Å². The molecule has 2 fully saturated rings. The van der Waals surface area contributed by atoms with Crippen molar-refractivity contribution in [3.05, 3.63) is 142 Å². The number of imide groups is 2. The number of hydrogen-bond donors (Lipinski definition) is 2. The van der Waals surface area contributed by atoms with Crippen LogP contribution in [0.15, 0.2) is 92.2 Å². The molecule has 6 heterocycles. The van der Waals surface area contributed by atoms with E-state index >= 15 is 0 Å². The van der Waals surface area contributed by atoms with Gasteiger partial charge in [-0.1, -0.05) is 75.0 Å². The monoisotopic (exact) mass is 1010 g/mol. The van der Waals surface area contributed by atoms with Gasteiger partial charge in [-0.2, -0.15) is 0 Å². The van der Waals surface area contributed by atoms with Gasteiger partial charge < -0.3 is 24.6 Å². The molecule has 3 aromatic carbocycles. The second-order valence-electron chi connectivity index (χ2n) is 19.2. The average molecular weight is 1010 g/mol. The van der Waals surface area contributed by atoms with Gasteiger partial charge in [0.15, 0.2) is 5.82 Å². The Morgan fingerprint density at radius 1 is 0.840 bits per heavy atom. The zero-order valence-electron chi connectivity index (χ0n) is 42.6. The lowest BCUT2D eigenvalue weighted by atomic mass is 10.0. The van der Waals surface area contributed by atoms with E-state index in [1.54, 1.807) is 36.5 Å². The predicted molar refractivity (Wildman–Crippen MR) is 287 cm³/mol. The van der Waals surface area contributed by atoms with Gasteiger partial charge in [-0.3, -0.25) is 44.1 Å². The molecular formula is C59H63N9O7. The van der Waals surface area contributed by atoms with E-state index < -0.39 is 29.7 Å². The minimum Gasteiger partial charge on any atom is -0.493 e. The fourth-order valence-electron chi connectivity index (χ4n) is 9.97. The number of ether oxygens (including phenoxy) is 2. The van der Waals surface area contributed by atoms with Crippen LogP contribution in [0.1, 0.15) is 116 Å². The topological polar surface area (TPSA) is 180 Å². The fraction of sp³-hybridized carbons (Fsp3) is 0.356. The number of carbonyl (C=O) groups excluding carboxylic acids is 5. The Morgan fingerprint density at radius 3 is 2.35 bits per heavy atom. The van der Waals surface area contributed by atoms with E-state index in [9.17, 15) is 24.0 Å². The first-order valence-electron chi connectivity index (χ1n) is 26.0. The van der Waals surface area contributed by atoms with Crippen LogP contribution in [0.4, 0.5) is 5.82 Å². The highest BCUT2D eigenvalue weighted by Gasteiger charge is 2.46. The summed E-state index contributed by atoms with van der Waals surface area (Å²) in [5.74, 6) is 6.88. The first-order chi connectivity index (χ1) is 36.6. The number of nitrogens with zero attached hydrogens (tertiary/aromatic N) is 7. The normalized spacial score (nSPS) is 16.6. The number of hydrogen-bond acceptors (Lipinski definition) is 13. The molecule has 2 saturated heterocycles. The Labute approximate surface area is 438 Å². The Bertz CT molecular complexity index is 3030. The number of aromatic nitrogens is 3. The SMILES string of the molecule is C=Cc1cc(-c2nc3c(c(NC)n2)CCN(C(=O)c2ccc(COc4ccc(C#CCN5CCN(CCCCCCCCOc6cccc7c6C(=O)N(C6CCC(=O)NC6=O)C7=O)CC5)cc4)cc2)C3)cnc1C=C. The van der Waals surface area contributed by atoms with Crippen LogP contribution in [-0.2, 0) is 29.2 Å². The van der Waals surface area contributed by atoms with Crippen LogP contribution >= 0.6 is 0 Å². The van der Waals surface area contributed by atoms with E-state index in [-0.39, 0.29) is 29.9 Å². The zero-order valence-corrected chi connectivity index (χ0v) is 42.6. The lowest BCUT2D eigenvalue weighted by molar-refractivity contribution is -0.136. The molecule has 16 heteroatoms. The third-order valence-corrected chi connectivity index (χ3v) is 14.2. The van der Waals surface area contributed by atoms with Gasteiger partial charge in [0.05, 0.1) is 42.2 Å². The van der Waals surface area contributed by atoms with Crippen LogP contribution in [0, 0.1) is 11.8 Å². The number of unbranched alkanes of at least 4 members (excludes halogenated alkanes) is 5. The van der Waals surface area contributed by atoms with Crippen molar-refractivity contribution in [3.8, 4) is 34.7 Å². The van der Waals surface area contributed by atoms with Crippen molar-refractivity contribution in [1.82, 2.24) is 39.9 Å². The van der Waals surface area contributed by atoms with Crippen LogP contribution in [0.2, 0.25) is 0 Å². The fourth-order valence-corrected chi connectivity index (χ4v) is 9.97. The Morgan fingerprint density at radius 2 is 1.60 bits per heavy atom. The number of benzene rings is 3. The van der Waals surface area contributed by atoms with Gasteiger partial charge in [-0.25, -0.2) is 9.97 Å². The number of piperazine rings is 1. The number of pyridine rings is 1. The molecular weight excluding hydrogens is 947 g/mol. The standard InChI is InChI=1S/C59H63N9O7/c1-4-42-36-44(37-61-48(42)5-2)54-62-49-38-67(30-27-46(49)55(60-3)64-54)57(71)43-21-17-41(18-22-43)39-75-45-23-19-40(20-24-45)14-13-29-66-33-31-65(32-34-66)28-10-8-6-7-9-11-35-74-51-16-12-15-47-53(51)59(73)68(58(47)72)50-25-26-52(69)63-56(50)70/h4-5,12,15-24,36-37,50H,1-2,6-11,25-35,38-39H2,3H3,(H,60,62,64)(H,63,69,70). The molecule has 16 nitrogen and oxygen atoms in total. The summed E-state index contributed by atoms with van der Waals surface area (Å²) >= 11 is 0. The summed E-state index contributed by atoms with van der Waals surface area (Å²) in [6.45, 7) is 15.4. The summed E-state index contributed by atoms with van der Waals surface area (Å²) in [5, 5.41) is 5.45. The first-order valence-corrected chi connectivity index (χ1v) is 26.0. The quantitative estimate of drug-likeness (QED) is 0.0447. The Hall–Kier alpha value is -8.00. The van der Waals surface area contributed by atoms with Crippen LogP contribution in [0.3, 0.4) is 0 Å². The summed E-state index contributed by atoms with van der Waals surface area (Å²) in [6, 6.07) is 21.3. The van der Waals surface area contributed by atoms with E-state index in [4.69, 9.17) is 19.4 Å². The molecule has 1 atom stereocenters. The molecule has 0 aliphatic carbocycles. The van der Waals surface area contributed by atoms with Crippen molar-refractivity contribution < 1.29 is 33.4 Å². The molecule has 0 spiro atoms. The smallest absolute Gasteiger partial charge is 0.266 e. The number of fused-ring (bicyclic) bond motifs is 2. The number of carbonyl (C=O) groups is 5. The average Bonchev–Trinajstić information content (AvgIpc) is 3.70. The summed E-state index contributed by atoms with van der Waals surface area (Å²) in [6.07, 6.45) is 12.4. The lowest BCUT2D eigenvalue weighted by Gasteiger charge is -2.33. The summed E-state index contributed by atoms with van der Waals surface area (Å²) in [4.78, 5) is 86.1. The second kappa shape index (κ2) is 24.4. The molecule has 4 aliphatic rings. The summed E-state index contributed by atoms with van der Waals surface area (Å²) in [7, 11) is 1.84. The van der Waals surface area contributed by atoms with Gasteiger partial charge in [0, 0.05) is 80.2 Å². The molecule has 75 heavy (non-hydrogen) atoms. The third kappa shape index (κ3) is 12.3. The largest absolute Gasteiger partial charge is 0.493 e. The number of anilines is 1. The highest BCUT2D eigenvalue weighted by molar-refractivity contribution is 6.24. The summed E-state index contributed by atoms with van der Waals surface area (Å²) < 4.78 is 12.1. The van der Waals surface area contributed by atoms with Crippen LogP contribution in [0.25, 0.3) is 23.5 Å². The van der Waals surface area contributed by atoms with Gasteiger partial charge in [0.2, 0.25) is 11.8 Å². The minimum absolute atomic E-state index is 0.0527. The second-order valence-corrected chi connectivity index (χ2v) is 19.2. The maximum atomic E-state index is 13.7. The summed E-state index contributed by atoms with van der Waals surface area (Å²) in [5.41, 5.74) is 7.09. The van der Waals surface area contributed by atoms with Crippen molar-refractivity contribution in [1.29, 1.82) is 0 Å². The molecule has 1 unspecified atom stereocenters. The van der Waals surface area contributed by atoms with Crippen LogP contribution < -0.4 is 20.1 Å². The van der Waals surface area contributed by atoms with Gasteiger partial charge >= 0.3 is 0 Å². The first kappa shape index (κ1) is 51.9. The maximum Gasteiger partial charge on any atom is 0.266 e. The van der Waals surface area contributed by atoms with Crippen LogP contribution in [-0.4, -0.2) is 130 Å². The molecule has 0 bridgehead atoms. The molecule has 5 amide bonds. The van der Waals surface area contributed by atoms with Gasteiger partial charge in [0.1, 0.15) is 30.0 Å².